The topological polar surface area (TPSA) is 89.4 Å². The summed E-state index contributed by atoms with van der Waals surface area (Å²) in [4.78, 5) is 4.52. The molecule has 0 saturated heterocycles. The fourth-order valence-electron chi connectivity index (χ4n) is 4.32. The van der Waals surface area contributed by atoms with Gasteiger partial charge in [-0.25, -0.2) is 13.4 Å². The average Bonchev–Trinajstić information content (AvgIpc) is 3.28. The van der Waals surface area contributed by atoms with Crippen LogP contribution in [0.1, 0.15) is 50.5 Å². The third kappa shape index (κ3) is 6.21. The number of nitrogens with two attached hydrogens (primary N) is 1. The maximum Gasteiger partial charge on any atom is 0.232 e. The summed E-state index contributed by atoms with van der Waals surface area (Å²) in [5, 5.41) is 0. The average molecular weight is 494 g/mol. The monoisotopic (exact) mass is 493 g/mol. The van der Waals surface area contributed by atoms with Crippen LogP contribution in [-0.4, -0.2) is 26.2 Å². The lowest BCUT2D eigenvalue weighted by molar-refractivity contribution is 0.371. The van der Waals surface area contributed by atoms with Gasteiger partial charge in [0, 0.05) is 12.1 Å². The minimum atomic E-state index is -3.44. The Morgan fingerprint density at radius 3 is 2.57 bits per heavy atom. The summed E-state index contributed by atoms with van der Waals surface area (Å²) in [6, 6.07) is 15.8. The van der Waals surface area contributed by atoms with Crippen molar-refractivity contribution < 1.29 is 12.8 Å². The number of aromatic nitrogens is 1. The Hall–Kier alpha value is -2.90. The highest BCUT2D eigenvalue weighted by molar-refractivity contribution is 7.92. The summed E-state index contributed by atoms with van der Waals surface area (Å²) in [6.45, 7) is 6.53. The molecule has 0 bridgehead atoms. The van der Waals surface area contributed by atoms with Crippen LogP contribution in [0, 0.1) is 11.8 Å². The van der Waals surface area contributed by atoms with Crippen molar-refractivity contribution in [2.45, 2.75) is 45.6 Å². The fraction of sp³-hybridized carbons (Fsp3) is 0.393. The first kappa shape index (κ1) is 25.2. The molecule has 3 atom stereocenters. The summed E-state index contributed by atoms with van der Waals surface area (Å²) in [7, 11) is -3.44. The maximum atomic E-state index is 12.6. The van der Waals surface area contributed by atoms with Gasteiger partial charge in [-0.3, -0.25) is 4.31 Å². The van der Waals surface area contributed by atoms with Crippen molar-refractivity contribution >= 4 is 21.8 Å². The van der Waals surface area contributed by atoms with E-state index in [1.54, 1.807) is 6.20 Å². The summed E-state index contributed by atoms with van der Waals surface area (Å²) < 4.78 is 32.7. The van der Waals surface area contributed by atoms with Crippen LogP contribution in [0.3, 0.4) is 0 Å². The molecule has 2 N–H and O–H groups in total. The van der Waals surface area contributed by atoms with Gasteiger partial charge in [0.25, 0.3) is 0 Å². The molecule has 35 heavy (non-hydrogen) atoms. The highest BCUT2D eigenvalue weighted by Crippen LogP contribution is 2.39. The van der Waals surface area contributed by atoms with Crippen molar-refractivity contribution in [3.05, 3.63) is 77.7 Å². The van der Waals surface area contributed by atoms with Gasteiger partial charge < -0.3 is 10.2 Å². The van der Waals surface area contributed by atoms with Gasteiger partial charge in [-0.2, -0.15) is 0 Å². The third-order valence-electron chi connectivity index (χ3n) is 6.49. The van der Waals surface area contributed by atoms with Gasteiger partial charge in [0.2, 0.25) is 15.9 Å². The predicted molar refractivity (Wildman–Crippen MR) is 142 cm³/mol. The van der Waals surface area contributed by atoms with Crippen LogP contribution in [0.5, 0.6) is 0 Å². The smallest absolute Gasteiger partial charge is 0.232 e. The maximum absolute atomic E-state index is 12.6. The Kier molecular flexibility index (Phi) is 7.20. The van der Waals surface area contributed by atoms with Crippen molar-refractivity contribution in [1.82, 2.24) is 4.98 Å². The van der Waals surface area contributed by atoms with E-state index in [1.807, 2.05) is 62.4 Å². The molecule has 7 heteroatoms. The molecule has 0 amide bonds. The lowest BCUT2D eigenvalue weighted by Crippen LogP contribution is -2.35. The van der Waals surface area contributed by atoms with E-state index >= 15 is 0 Å². The molecular formula is C28H35N3O3S. The fourth-order valence-corrected chi connectivity index (χ4v) is 5.32. The summed E-state index contributed by atoms with van der Waals surface area (Å²) in [5.41, 5.74) is 9.25. The zero-order chi connectivity index (χ0) is 25.2. The van der Waals surface area contributed by atoms with E-state index in [1.165, 1.54) is 17.0 Å². The molecule has 1 fully saturated rings. The second-order valence-electron chi connectivity index (χ2n) is 9.99. The van der Waals surface area contributed by atoms with Crippen LogP contribution in [0.15, 0.2) is 65.2 Å². The number of anilines is 1. The quantitative estimate of drug-likeness (QED) is 0.397. The SMILES string of the molecule is CCCN(c1cc(/C=C\C2CC2C)cc(-c2ncc([C@](C)(N)Cc3ccccc3)o2)c1)S(C)(=O)=O. The van der Waals surface area contributed by atoms with E-state index in [4.69, 9.17) is 10.2 Å². The van der Waals surface area contributed by atoms with E-state index in [0.29, 0.717) is 48.6 Å². The highest BCUT2D eigenvalue weighted by atomic mass is 32.2. The number of hydrogen-bond donors (Lipinski definition) is 1. The number of nitrogens with zero attached hydrogens (tertiary/aromatic N) is 2. The molecule has 1 aromatic heterocycles. The van der Waals surface area contributed by atoms with Crippen molar-refractivity contribution in [2.24, 2.45) is 17.6 Å². The molecule has 3 aromatic rings. The number of rotatable bonds is 10. The van der Waals surface area contributed by atoms with Gasteiger partial charge in [0.1, 0.15) is 5.76 Å². The standard InChI is InChI=1S/C28H35N3O3S/c1-5-13-31(35(4,32)33)25-16-22(11-12-23-14-20(23)2)15-24(17-25)27-30-19-26(34-27)28(3,29)18-21-9-7-6-8-10-21/h6-12,15-17,19-20,23H,5,13-14,18,29H2,1-4H3/b12-11-/t20?,23?,28-/m1/s1. The van der Waals surface area contributed by atoms with Crippen molar-refractivity contribution in [1.29, 1.82) is 0 Å². The molecule has 0 spiro atoms. The van der Waals surface area contributed by atoms with Crippen LogP contribution in [-0.2, 0) is 22.0 Å². The van der Waals surface area contributed by atoms with Gasteiger partial charge in [-0.15, -0.1) is 0 Å². The van der Waals surface area contributed by atoms with Crippen molar-refractivity contribution in [2.75, 3.05) is 17.1 Å². The van der Waals surface area contributed by atoms with E-state index in [-0.39, 0.29) is 0 Å². The molecule has 2 unspecified atom stereocenters. The number of benzene rings is 2. The molecule has 186 valence electrons. The molecule has 0 aliphatic heterocycles. The molecule has 2 aromatic carbocycles. The number of allylic oxidation sites excluding steroid dienone is 1. The van der Waals surface area contributed by atoms with Crippen molar-refractivity contribution in [3.8, 4) is 11.5 Å². The Balaban J connectivity index is 1.70. The molecule has 1 saturated carbocycles. The van der Waals surface area contributed by atoms with E-state index in [2.05, 4.69) is 24.1 Å². The minimum Gasteiger partial charge on any atom is -0.439 e. The molecule has 1 aliphatic rings. The van der Waals surface area contributed by atoms with Crippen LogP contribution in [0.2, 0.25) is 0 Å². The first-order valence-electron chi connectivity index (χ1n) is 12.2. The lowest BCUT2D eigenvalue weighted by atomic mass is 9.92. The van der Waals surface area contributed by atoms with Crippen LogP contribution in [0.25, 0.3) is 17.5 Å². The molecule has 6 nitrogen and oxygen atoms in total. The number of oxazole rings is 1. The number of hydrogen-bond acceptors (Lipinski definition) is 5. The van der Waals surface area contributed by atoms with Gasteiger partial charge in [-0.1, -0.05) is 56.3 Å². The lowest BCUT2D eigenvalue weighted by Gasteiger charge is -2.23. The summed E-state index contributed by atoms with van der Waals surface area (Å²) in [6.07, 6.45) is 9.69. The second kappa shape index (κ2) is 9.99. The van der Waals surface area contributed by atoms with Crippen LogP contribution >= 0.6 is 0 Å². The molecule has 0 radical (unpaired) electrons. The largest absolute Gasteiger partial charge is 0.439 e. The first-order valence-corrected chi connectivity index (χ1v) is 14.0. The Labute approximate surface area is 208 Å². The zero-order valence-electron chi connectivity index (χ0n) is 20.9. The molecular weight excluding hydrogens is 458 g/mol. The Morgan fingerprint density at radius 1 is 1.23 bits per heavy atom. The number of sulfonamides is 1. The van der Waals surface area contributed by atoms with Crippen molar-refractivity contribution in [3.63, 3.8) is 0 Å². The van der Waals surface area contributed by atoms with Gasteiger partial charge >= 0.3 is 0 Å². The predicted octanol–water partition coefficient (Wildman–Crippen LogP) is 5.60. The Morgan fingerprint density at radius 2 is 1.94 bits per heavy atom. The van der Waals surface area contributed by atoms with Crippen LogP contribution in [0.4, 0.5) is 5.69 Å². The highest BCUT2D eigenvalue weighted by Gasteiger charge is 2.30. The zero-order valence-corrected chi connectivity index (χ0v) is 21.8. The van der Waals surface area contributed by atoms with E-state index in [9.17, 15) is 8.42 Å². The summed E-state index contributed by atoms with van der Waals surface area (Å²) in [5.74, 6) is 2.28. The summed E-state index contributed by atoms with van der Waals surface area (Å²) >= 11 is 0. The molecule has 1 heterocycles. The minimum absolute atomic E-state index is 0.403. The van der Waals surface area contributed by atoms with Gasteiger partial charge in [0.05, 0.1) is 23.7 Å². The molecule has 1 aliphatic carbocycles. The normalized spacial score (nSPS) is 19.6. The Bertz CT molecular complexity index is 1300. The van der Waals surface area contributed by atoms with Gasteiger partial charge in [-0.05, 0) is 67.3 Å². The van der Waals surface area contributed by atoms with Gasteiger partial charge in [0.15, 0.2) is 0 Å². The van der Waals surface area contributed by atoms with Crippen LogP contribution < -0.4 is 10.0 Å². The third-order valence-corrected chi connectivity index (χ3v) is 7.69. The first-order chi connectivity index (χ1) is 16.6. The van der Waals surface area contributed by atoms with E-state index in [0.717, 1.165) is 16.7 Å². The van der Waals surface area contributed by atoms with E-state index < -0.39 is 15.6 Å². The molecule has 4 rings (SSSR count). The second-order valence-corrected chi connectivity index (χ2v) is 11.9.